The zero-order valence-electron chi connectivity index (χ0n) is 13.2. The van der Waals surface area contributed by atoms with Crippen molar-refractivity contribution < 1.29 is 0 Å². The van der Waals surface area contributed by atoms with E-state index in [1.54, 1.807) is 0 Å². The second-order valence-electron chi connectivity index (χ2n) is 6.33. The van der Waals surface area contributed by atoms with Gasteiger partial charge in [-0.3, -0.25) is 4.90 Å². The highest BCUT2D eigenvalue weighted by Crippen LogP contribution is 2.26. The van der Waals surface area contributed by atoms with Gasteiger partial charge in [-0.25, -0.2) is 0 Å². The lowest BCUT2D eigenvalue weighted by molar-refractivity contribution is 0.156. The summed E-state index contributed by atoms with van der Waals surface area (Å²) >= 11 is 6.04. The molecular weight excluding hydrogens is 266 g/mol. The number of halogens is 1. The van der Waals surface area contributed by atoms with E-state index in [0.717, 1.165) is 25.0 Å². The summed E-state index contributed by atoms with van der Waals surface area (Å²) in [6.07, 6.45) is 6.88. The maximum absolute atomic E-state index is 6.04. The van der Waals surface area contributed by atoms with Crippen LogP contribution in [0.2, 0.25) is 0 Å². The first-order valence-electron chi connectivity index (χ1n) is 7.98. The minimum Gasteiger partial charge on any atom is -0.295 e. The monoisotopic (exact) mass is 293 g/mol. The average Bonchev–Trinajstić information content (AvgIpc) is 2.42. The topological polar surface area (TPSA) is 3.24 Å². The van der Waals surface area contributed by atoms with Crippen molar-refractivity contribution in [3.63, 3.8) is 0 Å². The molecule has 1 aromatic carbocycles. The molecule has 1 nitrogen and oxygen atoms in total. The molecule has 0 unspecified atom stereocenters. The van der Waals surface area contributed by atoms with Gasteiger partial charge in [-0.2, -0.15) is 0 Å². The van der Waals surface area contributed by atoms with Crippen LogP contribution in [0.15, 0.2) is 12.1 Å². The van der Waals surface area contributed by atoms with Gasteiger partial charge < -0.3 is 0 Å². The summed E-state index contributed by atoms with van der Waals surface area (Å²) < 4.78 is 0. The number of aryl methyl sites for hydroxylation is 3. The van der Waals surface area contributed by atoms with Gasteiger partial charge in [0.2, 0.25) is 0 Å². The van der Waals surface area contributed by atoms with E-state index in [1.807, 2.05) is 0 Å². The molecule has 0 spiro atoms. The highest BCUT2D eigenvalue weighted by atomic mass is 35.5. The Morgan fingerprint density at radius 2 is 1.65 bits per heavy atom. The average molecular weight is 294 g/mol. The zero-order chi connectivity index (χ0) is 14.5. The molecule has 112 valence electrons. The Hall–Kier alpha value is -0.530. The SMILES string of the molecule is Cc1cc(C)c(CN(CCCl)C2CCCCC2)c(C)c1. The third-order valence-electron chi connectivity index (χ3n) is 4.66. The van der Waals surface area contributed by atoms with Gasteiger partial charge in [-0.1, -0.05) is 37.0 Å². The predicted molar refractivity (Wildman–Crippen MR) is 88.7 cm³/mol. The number of alkyl halides is 1. The third kappa shape index (κ3) is 3.99. The summed E-state index contributed by atoms with van der Waals surface area (Å²) in [5.41, 5.74) is 5.73. The molecule has 2 heteroatoms. The molecule has 0 heterocycles. The van der Waals surface area contributed by atoms with Gasteiger partial charge in [0.05, 0.1) is 0 Å². The molecule has 0 N–H and O–H groups in total. The van der Waals surface area contributed by atoms with Crippen molar-refractivity contribution in [1.82, 2.24) is 4.90 Å². The summed E-state index contributed by atoms with van der Waals surface area (Å²) in [6.45, 7) is 8.75. The van der Waals surface area contributed by atoms with Crippen LogP contribution >= 0.6 is 11.6 Å². The van der Waals surface area contributed by atoms with Crippen molar-refractivity contribution in [3.05, 3.63) is 34.4 Å². The summed E-state index contributed by atoms with van der Waals surface area (Å²) in [5, 5.41) is 0. The first kappa shape index (κ1) is 15.9. The normalized spacial score (nSPS) is 16.9. The molecule has 0 aromatic heterocycles. The highest BCUT2D eigenvalue weighted by molar-refractivity contribution is 6.18. The molecule has 0 amide bonds. The first-order chi connectivity index (χ1) is 9.61. The van der Waals surface area contributed by atoms with Gasteiger partial charge in [0, 0.05) is 25.0 Å². The van der Waals surface area contributed by atoms with E-state index in [0.29, 0.717) is 0 Å². The van der Waals surface area contributed by atoms with Crippen LogP contribution < -0.4 is 0 Å². The lowest BCUT2D eigenvalue weighted by Gasteiger charge is -2.34. The van der Waals surface area contributed by atoms with Crippen LogP contribution in [-0.4, -0.2) is 23.4 Å². The van der Waals surface area contributed by atoms with Crippen LogP contribution in [-0.2, 0) is 6.54 Å². The van der Waals surface area contributed by atoms with Crippen molar-refractivity contribution in [2.75, 3.05) is 12.4 Å². The predicted octanol–water partition coefficient (Wildman–Crippen LogP) is 4.99. The molecule has 1 aromatic rings. The van der Waals surface area contributed by atoms with Crippen LogP contribution in [0.1, 0.15) is 54.4 Å². The van der Waals surface area contributed by atoms with Crippen molar-refractivity contribution in [2.24, 2.45) is 0 Å². The van der Waals surface area contributed by atoms with Crippen molar-refractivity contribution >= 4 is 11.6 Å². The van der Waals surface area contributed by atoms with Crippen LogP contribution in [0.25, 0.3) is 0 Å². The lowest BCUT2D eigenvalue weighted by Crippen LogP contribution is -2.38. The Kier molecular flexibility index (Phi) is 5.92. The molecule has 1 saturated carbocycles. The summed E-state index contributed by atoms with van der Waals surface area (Å²) in [6, 6.07) is 5.35. The summed E-state index contributed by atoms with van der Waals surface area (Å²) in [7, 11) is 0. The quantitative estimate of drug-likeness (QED) is 0.692. The molecule has 20 heavy (non-hydrogen) atoms. The largest absolute Gasteiger partial charge is 0.295 e. The Morgan fingerprint density at radius 1 is 1.05 bits per heavy atom. The Labute approximate surface area is 129 Å². The van der Waals surface area contributed by atoms with Crippen molar-refractivity contribution in [2.45, 2.75) is 65.5 Å². The fourth-order valence-corrected chi connectivity index (χ4v) is 3.82. The highest BCUT2D eigenvalue weighted by Gasteiger charge is 2.21. The molecule has 0 bridgehead atoms. The Bertz CT molecular complexity index is 412. The molecule has 0 aliphatic heterocycles. The Balaban J connectivity index is 2.15. The molecule has 1 aliphatic carbocycles. The van der Waals surface area contributed by atoms with E-state index >= 15 is 0 Å². The fourth-order valence-electron chi connectivity index (χ4n) is 3.61. The van der Waals surface area contributed by atoms with E-state index in [4.69, 9.17) is 11.6 Å². The smallest absolute Gasteiger partial charge is 0.0351 e. The second-order valence-corrected chi connectivity index (χ2v) is 6.71. The molecule has 0 saturated heterocycles. The summed E-state index contributed by atoms with van der Waals surface area (Å²) in [5.74, 6) is 0.737. The zero-order valence-corrected chi connectivity index (χ0v) is 14.0. The van der Waals surface area contributed by atoms with Crippen molar-refractivity contribution in [1.29, 1.82) is 0 Å². The Morgan fingerprint density at radius 3 is 2.20 bits per heavy atom. The standard InChI is InChI=1S/C18H28ClN/c1-14-11-15(2)18(16(3)12-14)13-20(10-9-19)17-7-5-4-6-8-17/h11-12,17H,4-10,13H2,1-3H3. The van der Waals surface area contributed by atoms with Crippen molar-refractivity contribution in [3.8, 4) is 0 Å². The van der Waals surface area contributed by atoms with Crippen LogP contribution in [0.3, 0.4) is 0 Å². The first-order valence-corrected chi connectivity index (χ1v) is 8.52. The van der Waals surface area contributed by atoms with Crippen LogP contribution in [0.5, 0.6) is 0 Å². The van der Waals surface area contributed by atoms with E-state index in [2.05, 4.69) is 37.8 Å². The minimum absolute atomic E-state index is 0.737. The van der Waals surface area contributed by atoms with Gasteiger partial charge in [0.1, 0.15) is 0 Å². The van der Waals surface area contributed by atoms with E-state index in [-0.39, 0.29) is 0 Å². The molecule has 1 aliphatic rings. The minimum atomic E-state index is 0.737. The molecule has 0 radical (unpaired) electrons. The van der Waals surface area contributed by atoms with Gasteiger partial charge in [-0.05, 0) is 50.3 Å². The van der Waals surface area contributed by atoms with Gasteiger partial charge in [-0.15, -0.1) is 11.6 Å². The van der Waals surface area contributed by atoms with E-state index < -0.39 is 0 Å². The van der Waals surface area contributed by atoms with Gasteiger partial charge >= 0.3 is 0 Å². The van der Waals surface area contributed by atoms with E-state index in [9.17, 15) is 0 Å². The van der Waals surface area contributed by atoms with Crippen LogP contribution in [0, 0.1) is 20.8 Å². The molecule has 0 atom stereocenters. The molecule has 2 rings (SSSR count). The number of nitrogens with zero attached hydrogens (tertiary/aromatic N) is 1. The van der Waals surface area contributed by atoms with Crippen LogP contribution in [0.4, 0.5) is 0 Å². The molecular formula is C18H28ClN. The number of hydrogen-bond acceptors (Lipinski definition) is 1. The third-order valence-corrected chi connectivity index (χ3v) is 4.83. The maximum atomic E-state index is 6.04. The number of rotatable bonds is 5. The number of benzene rings is 1. The van der Waals surface area contributed by atoms with E-state index in [1.165, 1.54) is 54.4 Å². The fraction of sp³-hybridized carbons (Fsp3) is 0.667. The van der Waals surface area contributed by atoms with Gasteiger partial charge in [0.15, 0.2) is 0 Å². The maximum Gasteiger partial charge on any atom is 0.0351 e. The second kappa shape index (κ2) is 7.47. The van der Waals surface area contributed by atoms with Gasteiger partial charge in [0.25, 0.3) is 0 Å². The number of hydrogen-bond donors (Lipinski definition) is 0. The molecule has 1 fully saturated rings. The lowest BCUT2D eigenvalue weighted by atomic mass is 9.92. The summed E-state index contributed by atoms with van der Waals surface area (Å²) in [4.78, 5) is 2.62.